The van der Waals surface area contributed by atoms with Crippen molar-refractivity contribution >= 4 is 33.2 Å². The van der Waals surface area contributed by atoms with E-state index in [4.69, 9.17) is 0 Å². The fourth-order valence-electron chi connectivity index (χ4n) is 2.54. The zero-order chi connectivity index (χ0) is 14.1. The summed E-state index contributed by atoms with van der Waals surface area (Å²) >= 11 is 5.29. The van der Waals surface area contributed by atoms with Gasteiger partial charge in [-0.15, -0.1) is 11.3 Å². The van der Waals surface area contributed by atoms with E-state index in [1.807, 2.05) is 36.5 Å². The third-order valence-electron chi connectivity index (χ3n) is 3.59. The maximum absolute atomic E-state index is 12.2. The van der Waals surface area contributed by atoms with Crippen LogP contribution in [0.2, 0.25) is 0 Å². The van der Waals surface area contributed by atoms with E-state index in [9.17, 15) is 4.79 Å². The number of benzene rings is 1. The Morgan fingerprint density at radius 2 is 2.20 bits per heavy atom. The molecule has 104 valence electrons. The summed E-state index contributed by atoms with van der Waals surface area (Å²) in [6.45, 7) is 2.64. The van der Waals surface area contributed by atoms with Crippen molar-refractivity contribution in [2.75, 3.05) is 0 Å². The van der Waals surface area contributed by atoms with Gasteiger partial charge in [0.2, 0.25) is 0 Å². The van der Waals surface area contributed by atoms with Gasteiger partial charge in [0.25, 0.3) is 5.91 Å². The summed E-state index contributed by atoms with van der Waals surface area (Å²) in [5, 5.41) is 3.01. The number of carbonyl (C=O) groups is 1. The minimum atomic E-state index is -0.0227. The molecule has 4 heteroatoms. The molecule has 0 spiro atoms. The Balaban J connectivity index is 1.66. The van der Waals surface area contributed by atoms with Gasteiger partial charge < -0.3 is 5.32 Å². The number of rotatable bonds is 3. The van der Waals surface area contributed by atoms with Gasteiger partial charge in [0.15, 0.2) is 0 Å². The number of nitrogens with one attached hydrogen (secondary N) is 1. The second-order valence-corrected chi connectivity index (χ2v) is 7.26. The number of hydrogen-bond donors (Lipinski definition) is 1. The molecule has 0 saturated carbocycles. The quantitative estimate of drug-likeness (QED) is 0.882. The lowest BCUT2D eigenvalue weighted by Crippen LogP contribution is -2.22. The molecule has 3 rings (SSSR count). The zero-order valence-electron chi connectivity index (χ0n) is 11.3. The highest BCUT2D eigenvalue weighted by Gasteiger charge is 2.15. The molecule has 0 fully saturated rings. The largest absolute Gasteiger partial charge is 0.347 e. The third kappa shape index (κ3) is 2.81. The van der Waals surface area contributed by atoms with E-state index in [0.29, 0.717) is 12.1 Å². The first kappa shape index (κ1) is 13.8. The molecule has 2 aromatic rings. The van der Waals surface area contributed by atoms with Crippen LogP contribution < -0.4 is 5.32 Å². The van der Waals surface area contributed by atoms with Gasteiger partial charge in [-0.3, -0.25) is 4.79 Å². The fraction of sp³-hybridized carbons (Fsp3) is 0.312. The van der Waals surface area contributed by atoms with E-state index in [-0.39, 0.29) is 5.91 Å². The molecule has 1 heterocycles. The van der Waals surface area contributed by atoms with Crippen LogP contribution in [0.4, 0.5) is 0 Å². The molecule has 1 N–H and O–H groups in total. The van der Waals surface area contributed by atoms with Crippen LogP contribution in [0.15, 0.2) is 28.7 Å². The normalized spacial score (nSPS) is 13.3. The highest BCUT2D eigenvalue weighted by molar-refractivity contribution is 9.10. The Bertz CT molecular complexity index is 641. The summed E-state index contributed by atoms with van der Waals surface area (Å²) < 4.78 is 0.851. The molecule has 0 atom stereocenters. The van der Waals surface area contributed by atoms with Crippen molar-refractivity contribution in [2.45, 2.75) is 32.7 Å². The number of aryl methyl sites for hydroxylation is 3. The molecule has 0 unspecified atom stereocenters. The molecular weight excluding hydrogens is 334 g/mol. The first-order chi connectivity index (χ1) is 9.63. The summed E-state index contributed by atoms with van der Waals surface area (Å²) in [6, 6.07) is 8.04. The summed E-state index contributed by atoms with van der Waals surface area (Å²) in [4.78, 5) is 15.0. The second-order valence-electron chi connectivity index (χ2n) is 5.18. The van der Waals surface area contributed by atoms with Crippen LogP contribution in [0.25, 0.3) is 0 Å². The predicted octanol–water partition coefficient (Wildman–Crippen LogP) is 4.24. The lowest BCUT2D eigenvalue weighted by Gasteiger charge is -2.06. The zero-order valence-corrected chi connectivity index (χ0v) is 13.7. The number of carbonyl (C=O) groups excluding carboxylic acids is 1. The molecule has 20 heavy (non-hydrogen) atoms. The van der Waals surface area contributed by atoms with Crippen molar-refractivity contribution in [2.24, 2.45) is 0 Å². The Kier molecular flexibility index (Phi) is 3.94. The smallest absolute Gasteiger partial charge is 0.252 e. The van der Waals surface area contributed by atoms with Crippen molar-refractivity contribution in [1.29, 1.82) is 0 Å². The van der Waals surface area contributed by atoms with E-state index < -0.39 is 0 Å². The van der Waals surface area contributed by atoms with Crippen molar-refractivity contribution in [3.63, 3.8) is 0 Å². The monoisotopic (exact) mass is 349 g/mol. The lowest BCUT2D eigenvalue weighted by atomic mass is 10.1. The molecule has 0 radical (unpaired) electrons. The van der Waals surface area contributed by atoms with Gasteiger partial charge in [-0.05, 0) is 71.4 Å². The van der Waals surface area contributed by atoms with Crippen molar-refractivity contribution in [3.05, 3.63) is 55.2 Å². The van der Waals surface area contributed by atoms with Crippen LogP contribution in [-0.4, -0.2) is 5.91 Å². The number of halogens is 1. The number of fused-ring (bicyclic) bond motifs is 1. The standard InChI is InChI=1S/C16H16BrNOS/c1-10-5-6-13(14(17)7-10)16(19)18-9-12-8-11-3-2-4-15(11)20-12/h5-8H,2-4,9H2,1H3,(H,18,19). The maximum Gasteiger partial charge on any atom is 0.252 e. The summed E-state index contributed by atoms with van der Waals surface area (Å²) in [5.74, 6) is -0.0227. The van der Waals surface area contributed by atoms with Crippen molar-refractivity contribution in [3.8, 4) is 0 Å². The number of amides is 1. The third-order valence-corrected chi connectivity index (χ3v) is 5.48. The SMILES string of the molecule is Cc1ccc(C(=O)NCc2cc3c(s2)CCC3)c(Br)c1. The average molecular weight is 350 g/mol. The first-order valence-electron chi connectivity index (χ1n) is 6.78. The number of thiophene rings is 1. The summed E-state index contributed by atoms with van der Waals surface area (Å²) in [7, 11) is 0. The number of hydrogen-bond acceptors (Lipinski definition) is 2. The Morgan fingerprint density at radius 3 is 2.95 bits per heavy atom. The van der Waals surface area contributed by atoms with Crippen LogP contribution in [0.3, 0.4) is 0 Å². The molecule has 1 aromatic heterocycles. The van der Waals surface area contributed by atoms with Crippen LogP contribution >= 0.6 is 27.3 Å². The van der Waals surface area contributed by atoms with E-state index in [0.717, 1.165) is 10.0 Å². The van der Waals surface area contributed by atoms with Gasteiger partial charge in [0, 0.05) is 14.2 Å². The molecule has 1 amide bonds. The van der Waals surface area contributed by atoms with E-state index in [1.165, 1.54) is 34.6 Å². The van der Waals surface area contributed by atoms with Gasteiger partial charge in [0.05, 0.1) is 12.1 Å². The molecule has 0 aliphatic heterocycles. The van der Waals surface area contributed by atoms with Gasteiger partial charge in [-0.1, -0.05) is 6.07 Å². The molecule has 2 nitrogen and oxygen atoms in total. The molecular formula is C16H16BrNOS. The average Bonchev–Trinajstić information content (AvgIpc) is 2.96. The topological polar surface area (TPSA) is 29.1 Å². The predicted molar refractivity (Wildman–Crippen MR) is 86.4 cm³/mol. The maximum atomic E-state index is 12.2. The van der Waals surface area contributed by atoms with Gasteiger partial charge >= 0.3 is 0 Å². The van der Waals surface area contributed by atoms with Crippen LogP contribution in [0, 0.1) is 6.92 Å². The molecule has 1 aliphatic carbocycles. The fourth-order valence-corrected chi connectivity index (χ4v) is 4.42. The van der Waals surface area contributed by atoms with E-state index in [1.54, 1.807) is 0 Å². The second kappa shape index (κ2) is 5.70. The Labute approximate surface area is 131 Å². The van der Waals surface area contributed by atoms with Gasteiger partial charge in [0.1, 0.15) is 0 Å². The summed E-state index contributed by atoms with van der Waals surface area (Å²) in [5.41, 5.74) is 3.32. The van der Waals surface area contributed by atoms with Gasteiger partial charge in [-0.25, -0.2) is 0 Å². The highest BCUT2D eigenvalue weighted by Crippen LogP contribution is 2.30. The van der Waals surface area contributed by atoms with E-state index in [2.05, 4.69) is 27.3 Å². The molecule has 1 aromatic carbocycles. The van der Waals surface area contributed by atoms with Crippen LogP contribution in [-0.2, 0) is 19.4 Å². The molecule has 0 saturated heterocycles. The van der Waals surface area contributed by atoms with E-state index >= 15 is 0 Å². The first-order valence-corrected chi connectivity index (χ1v) is 8.39. The minimum absolute atomic E-state index is 0.0227. The Hall–Kier alpha value is -1.13. The van der Waals surface area contributed by atoms with Crippen molar-refractivity contribution in [1.82, 2.24) is 5.32 Å². The molecule has 0 bridgehead atoms. The van der Waals surface area contributed by atoms with Crippen molar-refractivity contribution < 1.29 is 4.79 Å². The van der Waals surface area contributed by atoms with Crippen LogP contribution in [0.1, 0.15) is 37.7 Å². The minimum Gasteiger partial charge on any atom is -0.347 e. The van der Waals surface area contributed by atoms with Crippen LogP contribution in [0.5, 0.6) is 0 Å². The highest BCUT2D eigenvalue weighted by atomic mass is 79.9. The van der Waals surface area contributed by atoms with Gasteiger partial charge in [-0.2, -0.15) is 0 Å². The summed E-state index contributed by atoms with van der Waals surface area (Å²) in [6.07, 6.45) is 3.69. The lowest BCUT2D eigenvalue weighted by molar-refractivity contribution is 0.0950. The Morgan fingerprint density at radius 1 is 1.35 bits per heavy atom. The molecule has 1 aliphatic rings.